The molecule has 0 N–H and O–H groups in total. The van der Waals surface area contributed by atoms with Gasteiger partial charge in [0.2, 0.25) is 5.78 Å². The van der Waals surface area contributed by atoms with Gasteiger partial charge >= 0.3 is 5.97 Å². The monoisotopic (exact) mass is 393 g/mol. The molecule has 23 heavy (non-hydrogen) atoms. The van der Waals surface area contributed by atoms with Crippen molar-refractivity contribution in [1.82, 2.24) is 14.4 Å². The summed E-state index contributed by atoms with van der Waals surface area (Å²) in [5, 5.41) is 0.423. The predicted octanol–water partition coefficient (Wildman–Crippen LogP) is 3.84. The summed E-state index contributed by atoms with van der Waals surface area (Å²) in [6.07, 6.45) is 1.89. The number of nitrogens with zero attached hydrogens (tertiary/aromatic N) is 3. The summed E-state index contributed by atoms with van der Waals surface area (Å²) in [6.45, 7) is 1.80. The number of aromatic nitrogens is 3. The van der Waals surface area contributed by atoms with Gasteiger partial charge in [0, 0.05) is 27.5 Å². The number of ether oxygens (including phenoxy) is 1. The van der Waals surface area contributed by atoms with Gasteiger partial charge in [0.1, 0.15) is 5.15 Å². The van der Waals surface area contributed by atoms with Gasteiger partial charge in [-0.05, 0) is 19.1 Å². The molecule has 2 heterocycles. The van der Waals surface area contributed by atoms with Gasteiger partial charge in [-0.25, -0.2) is 9.97 Å². The number of methoxy groups -OCH3 is 1. The van der Waals surface area contributed by atoms with Crippen molar-refractivity contribution in [2.45, 2.75) is 13.3 Å². The zero-order valence-corrected chi connectivity index (χ0v) is 14.8. The summed E-state index contributed by atoms with van der Waals surface area (Å²) < 4.78 is 7.36. The molecule has 0 bridgehead atoms. The second-order valence-corrected chi connectivity index (χ2v) is 6.30. The fourth-order valence-electron chi connectivity index (χ4n) is 2.31. The molecule has 1 aromatic carbocycles. The van der Waals surface area contributed by atoms with Crippen molar-refractivity contribution in [3.8, 4) is 11.3 Å². The van der Waals surface area contributed by atoms with E-state index in [-0.39, 0.29) is 12.4 Å². The topological polar surface area (TPSA) is 56.5 Å². The van der Waals surface area contributed by atoms with Gasteiger partial charge in [0.25, 0.3) is 0 Å². The Bertz CT molecular complexity index is 908. The molecule has 0 radical (unpaired) electrons. The molecule has 0 unspecified atom stereocenters. The Kier molecular flexibility index (Phi) is 4.37. The number of imidazole rings is 1. The molecule has 0 amide bonds. The third-order valence-electron chi connectivity index (χ3n) is 3.52. The average molecular weight is 395 g/mol. The van der Waals surface area contributed by atoms with Crippen LogP contribution < -0.4 is 0 Å². The Morgan fingerprint density at radius 3 is 2.87 bits per heavy atom. The molecule has 7 heteroatoms. The van der Waals surface area contributed by atoms with Crippen LogP contribution in [0.4, 0.5) is 0 Å². The number of hydrogen-bond acceptors (Lipinski definition) is 4. The summed E-state index contributed by atoms with van der Waals surface area (Å²) in [7, 11) is 1.35. The molecule has 0 fully saturated rings. The van der Waals surface area contributed by atoms with Crippen LogP contribution in [-0.4, -0.2) is 27.4 Å². The van der Waals surface area contributed by atoms with Crippen molar-refractivity contribution in [3.05, 3.63) is 51.3 Å². The average Bonchev–Trinajstić information content (AvgIpc) is 2.95. The summed E-state index contributed by atoms with van der Waals surface area (Å²) in [5.74, 6) is 0.138. The standard InChI is InChI=1S/C16H13BrClN3O2/c1-9-12(7-14(22)23-2)15(18)21-8-13(20-16(21)19-9)10-4-3-5-11(17)6-10/h3-6,8H,7H2,1-2H3. The van der Waals surface area contributed by atoms with Crippen molar-refractivity contribution in [2.75, 3.05) is 7.11 Å². The van der Waals surface area contributed by atoms with E-state index in [1.807, 2.05) is 30.5 Å². The molecule has 2 aromatic heterocycles. The molecule has 0 aliphatic heterocycles. The van der Waals surface area contributed by atoms with Gasteiger partial charge in [-0.15, -0.1) is 0 Å². The lowest BCUT2D eigenvalue weighted by atomic mass is 10.2. The first-order chi connectivity index (χ1) is 11.0. The lowest BCUT2D eigenvalue weighted by Crippen LogP contribution is -2.09. The summed E-state index contributed by atoms with van der Waals surface area (Å²) in [6, 6.07) is 7.82. The van der Waals surface area contributed by atoms with E-state index in [9.17, 15) is 4.79 Å². The van der Waals surface area contributed by atoms with Gasteiger partial charge in [-0.2, -0.15) is 0 Å². The number of carbonyl (C=O) groups is 1. The van der Waals surface area contributed by atoms with Crippen LogP contribution in [0.15, 0.2) is 34.9 Å². The van der Waals surface area contributed by atoms with E-state index in [1.165, 1.54) is 7.11 Å². The minimum absolute atomic E-state index is 0.0779. The van der Waals surface area contributed by atoms with E-state index in [1.54, 1.807) is 11.3 Å². The van der Waals surface area contributed by atoms with Gasteiger partial charge in [-0.1, -0.05) is 39.7 Å². The Hall–Kier alpha value is -1.92. The fraction of sp³-hybridized carbons (Fsp3) is 0.188. The van der Waals surface area contributed by atoms with Crippen molar-refractivity contribution >= 4 is 39.3 Å². The quantitative estimate of drug-likeness (QED) is 0.500. The second kappa shape index (κ2) is 6.29. The maximum absolute atomic E-state index is 11.5. The van der Waals surface area contributed by atoms with Crippen molar-refractivity contribution in [1.29, 1.82) is 0 Å². The minimum Gasteiger partial charge on any atom is -0.469 e. The van der Waals surface area contributed by atoms with Gasteiger partial charge < -0.3 is 4.74 Å². The number of esters is 1. The molecular formula is C16H13BrClN3O2. The van der Waals surface area contributed by atoms with Crippen molar-refractivity contribution in [2.24, 2.45) is 0 Å². The Morgan fingerprint density at radius 2 is 2.17 bits per heavy atom. The molecule has 0 atom stereocenters. The second-order valence-electron chi connectivity index (χ2n) is 5.03. The first kappa shape index (κ1) is 16.0. The number of hydrogen-bond donors (Lipinski definition) is 0. The Morgan fingerprint density at radius 1 is 1.39 bits per heavy atom. The van der Waals surface area contributed by atoms with Crippen LogP contribution in [0.2, 0.25) is 5.15 Å². The molecule has 3 aromatic rings. The van der Waals surface area contributed by atoms with E-state index in [2.05, 4.69) is 25.9 Å². The van der Waals surface area contributed by atoms with Gasteiger partial charge in [0.15, 0.2) is 0 Å². The third-order valence-corrected chi connectivity index (χ3v) is 4.42. The molecule has 0 saturated heterocycles. The SMILES string of the molecule is COC(=O)Cc1c(C)nc2nc(-c3cccc(Br)c3)cn2c1Cl. The zero-order valence-electron chi connectivity index (χ0n) is 12.5. The van der Waals surface area contributed by atoms with Crippen LogP contribution in [0.3, 0.4) is 0 Å². The van der Waals surface area contributed by atoms with Crippen LogP contribution >= 0.6 is 27.5 Å². The van der Waals surface area contributed by atoms with Crippen LogP contribution in [-0.2, 0) is 16.0 Å². The lowest BCUT2D eigenvalue weighted by molar-refractivity contribution is -0.139. The highest BCUT2D eigenvalue weighted by molar-refractivity contribution is 9.10. The Balaban J connectivity index is 2.13. The summed E-state index contributed by atoms with van der Waals surface area (Å²) in [4.78, 5) is 20.5. The molecule has 0 aliphatic rings. The molecule has 118 valence electrons. The predicted molar refractivity (Wildman–Crippen MR) is 91.6 cm³/mol. The number of aryl methyl sites for hydroxylation is 1. The maximum atomic E-state index is 11.5. The van der Waals surface area contributed by atoms with Gasteiger partial charge in [0.05, 0.1) is 19.2 Å². The van der Waals surface area contributed by atoms with Crippen LogP contribution in [0.1, 0.15) is 11.3 Å². The van der Waals surface area contributed by atoms with E-state index in [4.69, 9.17) is 16.3 Å². The summed E-state index contributed by atoms with van der Waals surface area (Å²) >= 11 is 9.89. The van der Waals surface area contributed by atoms with Crippen LogP contribution in [0, 0.1) is 6.92 Å². The molecule has 0 saturated carbocycles. The fourth-order valence-corrected chi connectivity index (χ4v) is 3.04. The summed E-state index contributed by atoms with van der Waals surface area (Å²) in [5.41, 5.74) is 3.02. The highest BCUT2D eigenvalue weighted by Crippen LogP contribution is 2.26. The number of halogens is 2. The lowest BCUT2D eigenvalue weighted by Gasteiger charge is -2.08. The first-order valence-corrected chi connectivity index (χ1v) is 8.03. The number of fused-ring (bicyclic) bond motifs is 1. The van der Waals surface area contributed by atoms with Crippen molar-refractivity contribution in [3.63, 3.8) is 0 Å². The smallest absolute Gasteiger partial charge is 0.310 e. The highest BCUT2D eigenvalue weighted by Gasteiger charge is 2.17. The molecule has 5 nitrogen and oxygen atoms in total. The highest BCUT2D eigenvalue weighted by atomic mass is 79.9. The van der Waals surface area contributed by atoms with Crippen molar-refractivity contribution < 1.29 is 9.53 Å². The maximum Gasteiger partial charge on any atom is 0.310 e. The van der Waals surface area contributed by atoms with E-state index in [0.717, 1.165) is 15.7 Å². The molecule has 0 aliphatic carbocycles. The molecule has 3 rings (SSSR count). The molecular weight excluding hydrogens is 382 g/mol. The molecule has 0 spiro atoms. The minimum atomic E-state index is -0.358. The van der Waals surface area contributed by atoms with E-state index >= 15 is 0 Å². The normalized spacial score (nSPS) is 11.0. The van der Waals surface area contributed by atoms with Crippen LogP contribution in [0.25, 0.3) is 17.0 Å². The Labute approximate surface area is 146 Å². The zero-order chi connectivity index (χ0) is 16.6. The van der Waals surface area contributed by atoms with Gasteiger partial charge in [-0.3, -0.25) is 9.20 Å². The third kappa shape index (κ3) is 3.09. The number of benzene rings is 1. The first-order valence-electron chi connectivity index (χ1n) is 6.86. The van der Waals surface area contributed by atoms with E-state index < -0.39 is 0 Å². The van der Waals surface area contributed by atoms with Crippen LogP contribution in [0.5, 0.6) is 0 Å². The van der Waals surface area contributed by atoms with E-state index in [0.29, 0.717) is 22.2 Å². The number of carbonyl (C=O) groups excluding carboxylic acids is 1. The largest absolute Gasteiger partial charge is 0.469 e. The number of rotatable bonds is 3.